The molecule has 0 aliphatic carbocycles. The van der Waals surface area contributed by atoms with Crippen LogP contribution >= 0.6 is 11.8 Å². The van der Waals surface area contributed by atoms with Crippen LogP contribution in [-0.4, -0.2) is 42.2 Å². The number of unbranched alkanes of at least 4 members (excludes halogenated alkanes) is 2. The number of nitrogens with one attached hydrogen (secondary N) is 2. The lowest BCUT2D eigenvalue weighted by Gasteiger charge is -2.11. The third kappa shape index (κ3) is 13.5. The van der Waals surface area contributed by atoms with Crippen LogP contribution in [0.5, 0.6) is 0 Å². The summed E-state index contributed by atoms with van der Waals surface area (Å²) in [5.41, 5.74) is 0. The number of urea groups is 1. The summed E-state index contributed by atoms with van der Waals surface area (Å²) in [5, 5.41) is 14.2. The van der Waals surface area contributed by atoms with E-state index in [1.165, 1.54) is 12.2 Å². The van der Waals surface area contributed by atoms with Gasteiger partial charge in [-0.2, -0.15) is 11.8 Å². The summed E-state index contributed by atoms with van der Waals surface area (Å²) in [6.45, 7) is 3.32. The van der Waals surface area contributed by atoms with Crippen molar-refractivity contribution in [2.45, 2.75) is 45.4 Å². The first-order valence-electron chi connectivity index (χ1n) is 7.28. The molecule has 0 aromatic carbocycles. The first kappa shape index (κ1) is 19.1. The lowest BCUT2D eigenvalue weighted by molar-refractivity contribution is -0.137. The van der Waals surface area contributed by atoms with Crippen LogP contribution in [0.4, 0.5) is 4.79 Å². The molecule has 0 radical (unpaired) electrons. The summed E-state index contributed by atoms with van der Waals surface area (Å²) in [5.74, 6) is 0.738. The number of carbonyl (C=O) groups excluding carboxylic acids is 1. The van der Waals surface area contributed by atoms with Gasteiger partial charge in [0, 0.05) is 19.5 Å². The van der Waals surface area contributed by atoms with Crippen molar-refractivity contribution in [2.24, 2.45) is 5.92 Å². The topological polar surface area (TPSA) is 78.4 Å². The van der Waals surface area contributed by atoms with Crippen LogP contribution < -0.4 is 10.6 Å². The Morgan fingerprint density at radius 2 is 1.80 bits per heavy atom. The summed E-state index contributed by atoms with van der Waals surface area (Å²) in [6, 6.07) is -0.125. The smallest absolute Gasteiger partial charge is 0.314 e. The van der Waals surface area contributed by atoms with Crippen molar-refractivity contribution >= 4 is 23.8 Å². The van der Waals surface area contributed by atoms with Crippen molar-refractivity contribution in [3.63, 3.8) is 0 Å². The molecular weight excluding hydrogens is 276 g/mol. The molecule has 5 nitrogen and oxygen atoms in total. The van der Waals surface area contributed by atoms with Gasteiger partial charge in [-0.25, -0.2) is 4.79 Å². The third-order valence-corrected chi connectivity index (χ3v) is 3.78. The second-order valence-electron chi connectivity index (χ2n) is 5.06. The van der Waals surface area contributed by atoms with Gasteiger partial charge in [0.05, 0.1) is 0 Å². The summed E-state index contributed by atoms with van der Waals surface area (Å²) >= 11 is 1.85. The van der Waals surface area contributed by atoms with Crippen LogP contribution in [0.1, 0.15) is 45.4 Å². The van der Waals surface area contributed by atoms with Crippen LogP contribution in [0, 0.1) is 5.92 Å². The largest absolute Gasteiger partial charge is 0.481 e. The van der Waals surface area contributed by atoms with Crippen molar-refractivity contribution < 1.29 is 14.7 Å². The fourth-order valence-corrected chi connectivity index (χ4v) is 2.25. The lowest BCUT2D eigenvalue weighted by Crippen LogP contribution is -2.36. The van der Waals surface area contributed by atoms with E-state index in [1.807, 2.05) is 18.7 Å². The van der Waals surface area contributed by atoms with Gasteiger partial charge in [-0.1, -0.05) is 13.3 Å². The Morgan fingerprint density at radius 1 is 1.10 bits per heavy atom. The minimum Gasteiger partial charge on any atom is -0.481 e. The summed E-state index contributed by atoms with van der Waals surface area (Å²) in [6.07, 6.45) is 7.14. The van der Waals surface area contributed by atoms with Gasteiger partial charge < -0.3 is 15.7 Å². The molecule has 0 spiro atoms. The Morgan fingerprint density at radius 3 is 2.45 bits per heavy atom. The maximum Gasteiger partial charge on any atom is 0.314 e. The van der Waals surface area contributed by atoms with Crippen LogP contribution in [0.2, 0.25) is 0 Å². The molecule has 1 unspecified atom stereocenters. The molecule has 2 amide bonds. The summed E-state index contributed by atoms with van der Waals surface area (Å²) < 4.78 is 0. The zero-order chi connectivity index (χ0) is 15.2. The fourth-order valence-electron chi connectivity index (χ4n) is 1.76. The molecule has 0 aliphatic rings. The Bertz CT molecular complexity index is 275. The zero-order valence-electron chi connectivity index (χ0n) is 12.6. The molecule has 6 heteroatoms. The standard InChI is InChI=1S/C14H28N2O3S/c1-12(6-7-13(17)18)8-10-16-14(19)15-9-4-3-5-11-20-2/h12H,3-11H2,1-2H3,(H,17,18)(H2,15,16,19). The maximum absolute atomic E-state index is 11.5. The number of hydrogen-bond acceptors (Lipinski definition) is 3. The van der Waals surface area contributed by atoms with Crippen LogP contribution in [0.25, 0.3) is 0 Å². The van der Waals surface area contributed by atoms with E-state index in [1.54, 1.807) is 0 Å². The SMILES string of the molecule is CSCCCCCNC(=O)NCCC(C)CCC(=O)O. The van der Waals surface area contributed by atoms with E-state index in [4.69, 9.17) is 5.11 Å². The van der Waals surface area contributed by atoms with Gasteiger partial charge in [-0.15, -0.1) is 0 Å². The average molecular weight is 304 g/mol. The van der Waals surface area contributed by atoms with Crippen molar-refractivity contribution in [1.82, 2.24) is 10.6 Å². The number of carboxylic acids is 1. The normalized spacial score (nSPS) is 11.9. The molecule has 0 fully saturated rings. The number of amides is 2. The molecule has 0 saturated carbocycles. The van der Waals surface area contributed by atoms with Crippen LogP contribution in [-0.2, 0) is 4.79 Å². The van der Waals surface area contributed by atoms with Gasteiger partial charge in [0.1, 0.15) is 0 Å². The lowest BCUT2D eigenvalue weighted by atomic mass is 10.0. The molecule has 1 atom stereocenters. The Balaban J connectivity index is 3.37. The van der Waals surface area contributed by atoms with E-state index in [2.05, 4.69) is 16.9 Å². The highest BCUT2D eigenvalue weighted by atomic mass is 32.2. The number of rotatable bonds is 12. The summed E-state index contributed by atoms with van der Waals surface area (Å²) in [4.78, 5) is 21.9. The van der Waals surface area contributed by atoms with Crippen molar-refractivity contribution in [3.05, 3.63) is 0 Å². The molecule has 0 rings (SSSR count). The van der Waals surface area contributed by atoms with E-state index >= 15 is 0 Å². The second-order valence-corrected chi connectivity index (χ2v) is 6.05. The second kappa shape index (κ2) is 13.1. The van der Waals surface area contributed by atoms with Gasteiger partial charge in [-0.3, -0.25) is 4.79 Å². The minimum absolute atomic E-state index is 0.125. The molecule has 0 aromatic rings. The molecule has 0 aromatic heterocycles. The molecule has 0 saturated heterocycles. The van der Waals surface area contributed by atoms with Gasteiger partial charge in [-0.05, 0) is 43.6 Å². The highest BCUT2D eigenvalue weighted by Gasteiger charge is 2.06. The number of carboxylic acid groups (broad SMARTS) is 1. The van der Waals surface area contributed by atoms with E-state index in [9.17, 15) is 9.59 Å². The number of thioether (sulfide) groups is 1. The number of hydrogen-bond donors (Lipinski definition) is 3. The number of aliphatic carboxylic acids is 1. The highest BCUT2D eigenvalue weighted by Crippen LogP contribution is 2.08. The zero-order valence-corrected chi connectivity index (χ0v) is 13.4. The van der Waals surface area contributed by atoms with Gasteiger partial charge >= 0.3 is 12.0 Å². The van der Waals surface area contributed by atoms with E-state index in [-0.39, 0.29) is 12.5 Å². The Hall–Kier alpha value is -0.910. The van der Waals surface area contributed by atoms with Gasteiger partial charge in [0.15, 0.2) is 0 Å². The molecule has 0 heterocycles. The third-order valence-electron chi connectivity index (χ3n) is 3.08. The summed E-state index contributed by atoms with van der Waals surface area (Å²) in [7, 11) is 0. The molecule has 0 aliphatic heterocycles. The monoisotopic (exact) mass is 304 g/mol. The van der Waals surface area contributed by atoms with Crippen molar-refractivity contribution in [3.8, 4) is 0 Å². The van der Waals surface area contributed by atoms with Crippen LogP contribution in [0.15, 0.2) is 0 Å². The van der Waals surface area contributed by atoms with Gasteiger partial charge in [0.2, 0.25) is 0 Å². The average Bonchev–Trinajstić information content (AvgIpc) is 2.40. The number of carbonyl (C=O) groups is 2. The van der Waals surface area contributed by atoms with E-state index < -0.39 is 5.97 Å². The predicted molar refractivity (Wildman–Crippen MR) is 84.3 cm³/mol. The quantitative estimate of drug-likeness (QED) is 0.484. The maximum atomic E-state index is 11.5. The fraction of sp³-hybridized carbons (Fsp3) is 0.857. The molecule has 118 valence electrons. The Labute approximate surface area is 126 Å². The molecule has 0 bridgehead atoms. The highest BCUT2D eigenvalue weighted by molar-refractivity contribution is 7.98. The van der Waals surface area contributed by atoms with Crippen LogP contribution in [0.3, 0.4) is 0 Å². The molecular formula is C14H28N2O3S. The Kier molecular flexibility index (Phi) is 12.5. The van der Waals surface area contributed by atoms with Crippen molar-refractivity contribution in [2.75, 3.05) is 25.1 Å². The predicted octanol–water partition coefficient (Wildman–Crippen LogP) is 2.71. The minimum atomic E-state index is -0.760. The van der Waals surface area contributed by atoms with Gasteiger partial charge in [0.25, 0.3) is 0 Å². The van der Waals surface area contributed by atoms with E-state index in [0.717, 1.165) is 25.8 Å². The molecule has 20 heavy (non-hydrogen) atoms. The van der Waals surface area contributed by atoms with Crippen molar-refractivity contribution in [1.29, 1.82) is 0 Å². The molecule has 3 N–H and O–H groups in total. The first-order chi connectivity index (χ1) is 9.56. The first-order valence-corrected chi connectivity index (χ1v) is 8.68. The van der Waals surface area contributed by atoms with E-state index in [0.29, 0.717) is 18.9 Å².